The standard InChI is InChI=1S/C17H21F2N3O4S/c18-14-4-3-13(11-15(14)19)27(25,26)20-6-5-16(23)21-7-9-22(10-8-21)17(24)12-1-2-12/h3-4,11-12,20H,1-2,5-10H2. The molecule has 1 aliphatic carbocycles. The van der Waals surface area contributed by atoms with Gasteiger partial charge in [0, 0.05) is 45.1 Å². The number of piperazine rings is 1. The summed E-state index contributed by atoms with van der Waals surface area (Å²) in [5.41, 5.74) is 0. The van der Waals surface area contributed by atoms with Crippen LogP contribution in [0.3, 0.4) is 0 Å². The average Bonchev–Trinajstić information content (AvgIpc) is 3.48. The van der Waals surface area contributed by atoms with Crippen molar-refractivity contribution in [3.05, 3.63) is 29.8 Å². The molecule has 0 unspecified atom stereocenters. The maximum absolute atomic E-state index is 13.2. The van der Waals surface area contributed by atoms with E-state index in [4.69, 9.17) is 0 Å². The van der Waals surface area contributed by atoms with Crippen LogP contribution < -0.4 is 4.72 Å². The van der Waals surface area contributed by atoms with Gasteiger partial charge in [-0.05, 0) is 31.0 Å². The highest BCUT2D eigenvalue weighted by Gasteiger charge is 2.35. The van der Waals surface area contributed by atoms with Crippen LogP contribution in [0, 0.1) is 17.6 Å². The van der Waals surface area contributed by atoms with Crippen molar-refractivity contribution in [2.45, 2.75) is 24.2 Å². The van der Waals surface area contributed by atoms with Crippen LogP contribution in [-0.4, -0.2) is 62.8 Å². The van der Waals surface area contributed by atoms with E-state index >= 15 is 0 Å². The molecule has 1 aromatic carbocycles. The molecule has 1 N–H and O–H groups in total. The maximum Gasteiger partial charge on any atom is 0.240 e. The topological polar surface area (TPSA) is 86.8 Å². The lowest BCUT2D eigenvalue weighted by atomic mass is 10.2. The summed E-state index contributed by atoms with van der Waals surface area (Å²) in [6, 6.07) is 2.28. The van der Waals surface area contributed by atoms with Crippen molar-refractivity contribution in [2.24, 2.45) is 5.92 Å². The maximum atomic E-state index is 13.2. The molecule has 2 amide bonds. The fraction of sp³-hybridized carbons (Fsp3) is 0.529. The zero-order valence-electron chi connectivity index (χ0n) is 14.7. The monoisotopic (exact) mass is 401 g/mol. The fourth-order valence-electron chi connectivity index (χ4n) is 2.94. The molecule has 1 aliphatic heterocycles. The second-order valence-electron chi connectivity index (χ2n) is 6.70. The summed E-state index contributed by atoms with van der Waals surface area (Å²) in [6.07, 6.45) is 1.83. The molecule has 1 aromatic rings. The minimum absolute atomic E-state index is 0.0561. The summed E-state index contributed by atoms with van der Waals surface area (Å²) in [5, 5.41) is 0. The fourth-order valence-corrected chi connectivity index (χ4v) is 3.99. The summed E-state index contributed by atoms with van der Waals surface area (Å²) in [7, 11) is -4.03. The van der Waals surface area contributed by atoms with E-state index in [-0.39, 0.29) is 30.7 Å². The van der Waals surface area contributed by atoms with Crippen LogP contribution in [0.1, 0.15) is 19.3 Å². The van der Waals surface area contributed by atoms with Gasteiger partial charge >= 0.3 is 0 Å². The van der Waals surface area contributed by atoms with E-state index in [9.17, 15) is 26.8 Å². The smallest absolute Gasteiger partial charge is 0.240 e. The van der Waals surface area contributed by atoms with Gasteiger partial charge in [-0.25, -0.2) is 21.9 Å². The normalized spacial score (nSPS) is 17.9. The van der Waals surface area contributed by atoms with E-state index in [1.54, 1.807) is 9.80 Å². The lowest BCUT2D eigenvalue weighted by Crippen LogP contribution is -2.51. The van der Waals surface area contributed by atoms with E-state index in [0.29, 0.717) is 32.2 Å². The van der Waals surface area contributed by atoms with Gasteiger partial charge < -0.3 is 9.80 Å². The molecule has 0 aromatic heterocycles. The van der Waals surface area contributed by atoms with Gasteiger partial charge in [-0.1, -0.05) is 0 Å². The average molecular weight is 401 g/mol. The van der Waals surface area contributed by atoms with Gasteiger partial charge in [0.1, 0.15) is 0 Å². The van der Waals surface area contributed by atoms with Crippen LogP contribution in [0.15, 0.2) is 23.1 Å². The zero-order chi connectivity index (χ0) is 19.6. The molecule has 3 rings (SSSR count). The summed E-state index contributed by atoms with van der Waals surface area (Å²) < 4.78 is 52.5. The van der Waals surface area contributed by atoms with Gasteiger partial charge in [-0.15, -0.1) is 0 Å². The molecule has 0 spiro atoms. The second-order valence-corrected chi connectivity index (χ2v) is 8.47. The van der Waals surface area contributed by atoms with E-state index in [0.717, 1.165) is 25.0 Å². The van der Waals surface area contributed by atoms with Gasteiger partial charge in [0.25, 0.3) is 0 Å². The van der Waals surface area contributed by atoms with Crippen molar-refractivity contribution in [1.82, 2.24) is 14.5 Å². The number of carbonyl (C=O) groups is 2. The van der Waals surface area contributed by atoms with Crippen molar-refractivity contribution in [2.75, 3.05) is 32.7 Å². The number of amides is 2. The Morgan fingerprint density at radius 3 is 2.26 bits per heavy atom. The predicted octanol–water partition coefficient (Wildman–Crippen LogP) is 0.714. The predicted molar refractivity (Wildman–Crippen MR) is 92.0 cm³/mol. The van der Waals surface area contributed by atoms with E-state index in [1.165, 1.54) is 0 Å². The molecule has 0 radical (unpaired) electrons. The highest BCUT2D eigenvalue weighted by Crippen LogP contribution is 2.31. The molecular weight excluding hydrogens is 380 g/mol. The van der Waals surface area contributed by atoms with Crippen molar-refractivity contribution in [1.29, 1.82) is 0 Å². The Balaban J connectivity index is 1.45. The number of carbonyl (C=O) groups excluding carboxylic acids is 2. The van der Waals surface area contributed by atoms with Crippen LogP contribution in [0.4, 0.5) is 8.78 Å². The minimum atomic E-state index is -4.03. The van der Waals surface area contributed by atoms with Gasteiger partial charge in [-0.3, -0.25) is 9.59 Å². The first-order valence-corrected chi connectivity index (χ1v) is 10.3. The Labute approximate surface area is 156 Å². The van der Waals surface area contributed by atoms with Gasteiger partial charge in [0.05, 0.1) is 4.90 Å². The third-order valence-corrected chi connectivity index (χ3v) is 6.16. The third kappa shape index (κ3) is 4.81. The van der Waals surface area contributed by atoms with Crippen LogP contribution in [0.2, 0.25) is 0 Å². The van der Waals surface area contributed by atoms with Crippen molar-refractivity contribution < 1.29 is 26.8 Å². The Morgan fingerprint density at radius 2 is 1.67 bits per heavy atom. The summed E-state index contributed by atoms with van der Waals surface area (Å²) in [5.74, 6) is -2.31. The number of hydrogen-bond donors (Lipinski definition) is 1. The van der Waals surface area contributed by atoms with Crippen LogP contribution in [0.5, 0.6) is 0 Å². The molecular formula is C17H21F2N3O4S. The Hall–Kier alpha value is -2.07. The Morgan fingerprint density at radius 1 is 1.04 bits per heavy atom. The summed E-state index contributed by atoms with van der Waals surface area (Å²) in [4.78, 5) is 27.2. The van der Waals surface area contributed by atoms with Crippen molar-refractivity contribution in [3.63, 3.8) is 0 Å². The first-order chi connectivity index (χ1) is 12.8. The SMILES string of the molecule is O=C(CCNS(=O)(=O)c1ccc(F)c(F)c1)N1CCN(C(=O)C2CC2)CC1. The largest absolute Gasteiger partial charge is 0.339 e. The number of rotatable bonds is 6. The molecule has 1 heterocycles. The Kier molecular flexibility index (Phi) is 5.75. The summed E-state index contributed by atoms with van der Waals surface area (Å²) >= 11 is 0. The number of halogens is 2. The highest BCUT2D eigenvalue weighted by molar-refractivity contribution is 7.89. The quantitative estimate of drug-likeness (QED) is 0.761. The second kappa shape index (κ2) is 7.89. The number of hydrogen-bond acceptors (Lipinski definition) is 4. The number of nitrogens with zero attached hydrogens (tertiary/aromatic N) is 2. The van der Waals surface area contributed by atoms with E-state index < -0.39 is 26.6 Å². The molecule has 148 valence electrons. The number of sulfonamides is 1. The molecule has 10 heteroatoms. The lowest BCUT2D eigenvalue weighted by Gasteiger charge is -2.35. The highest BCUT2D eigenvalue weighted by atomic mass is 32.2. The lowest BCUT2D eigenvalue weighted by molar-refractivity contribution is -0.140. The number of benzene rings is 1. The molecule has 27 heavy (non-hydrogen) atoms. The molecule has 1 saturated heterocycles. The molecule has 0 atom stereocenters. The van der Waals surface area contributed by atoms with Crippen molar-refractivity contribution >= 4 is 21.8 Å². The van der Waals surface area contributed by atoms with E-state index in [2.05, 4.69) is 4.72 Å². The van der Waals surface area contributed by atoms with Crippen LogP contribution >= 0.6 is 0 Å². The number of nitrogens with one attached hydrogen (secondary N) is 1. The molecule has 7 nitrogen and oxygen atoms in total. The van der Waals surface area contributed by atoms with Crippen molar-refractivity contribution in [3.8, 4) is 0 Å². The first-order valence-electron chi connectivity index (χ1n) is 8.79. The molecule has 0 bridgehead atoms. The molecule has 2 aliphatic rings. The van der Waals surface area contributed by atoms with Gasteiger partial charge in [0.2, 0.25) is 21.8 Å². The van der Waals surface area contributed by atoms with E-state index in [1.807, 2.05) is 0 Å². The van der Waals surface area contributed by atoms with Crippen LogP contribution in [0.25, 0.3) is 0 Å². The molecule has 2 fully saturated rings. The minimum Gasteiger partial charge on any atom is -0.339 e. The Bertz CT molecular complexity index is 835. The van der Waals surface area contributed by atoms with Gasteiger partial charge in [-0.2, -0.15) is 0 Å². The zero-order valence-corrected chi connectivity index (χ0v) is 15.5. The first kappa shape index (κ1) is 19.7. The summed E-state index contributed by atoms with van der Waals surface area (Å²) in [6.45, 7) is 1.67. The molecule has 1 saturated carbocycles. The van der Waals surface area contributed by atoms with Gasteiger partial charge in [0.15, 0.2) is 11.6 Å². The van der Waals surface area contributed by atoms with Crippen LogP contribution in [-0.2, 0) is 19.6 Å². The third-order valence-electron chi connectivity index (χ3n) is 4.70.